The van der Waals surface area contributed by atoms with Gasteiger partial charge in [0.25, 0.3) is 5.91 Å². The molecule has 0 spiro atoms. The molecule has 0 radical (unpaired) electrons. The largest absolute Gasteiger partial charge is 0.484 e. The fraction of sp³-hybridized carbons (Fsp3) is 0.533. The summed E-state index contributed by atoms with van der Waals surface area (Å²) in [6.45, 7) is 5.76. The number of hydrogen-bond donors (Lipinski definition) is 1. The van der Waals surface area contributed by atoms with Crippen LogP contribution >= 0.6 is 0 Å². The molecule has 0 aliphatic carbocycles. The van der Waals surface area contributed by atoms with E-state index in [0.29, 0.717) is 19.0 Å². The van der Waals surface area contributed by atoms with Crippen LogP contribution in [-0.2, 0) is 4.79 Å². The fourth-order valence-electron chi connectivity index (χ4n) is 2.09. The van der Waals surface area contributed by atoms with E-state index in [2.05, 4.69) is 19.9 Å². The lowest BCUT2D eigenvalue weighted by molar-refractivity contribution is -0.140. The van der Waals surface area contributed by atoms with E-state index in [4.69, 9.17) is 9.84 Å². The van der Waals surface area contributed by atoms with Gasteiger partial charge in [-0.2, -0.15) is 0 Å². The highest BCUT2D eigenvalue weighted by Crippen LogP contribution is 2.20. The number of aliphatic hydroxyl groups is 1. The third-order valence-electron chi connectivity index (χ3n) is 3.46. The highest BCUT2D eigenvalue weighted by Gasteiger charge is 2.29. The number of benzene rings is 1. The Bertz CT molecular complexity index is 439. The maximum atomic E-state index is 11.8. The van der Waals surface area contributed by atoms with Gasteiger partial charge in [0.2, 0.25) is 0 Å². The molecule has 1 aromatic rings. The highest BCUT2D eigenvalue weighted by atomic mass is 16.5. The van der Waals surface area contributed by atoms with Crippen molar-refractivity contribution in [3.63, 3.8) is 0 Å². The zero-order chi connectivity index (χ0) is 13.8. The Labute approximate surface area is 114 Å². The summed E-state index contributed by atoms with van der Waals surface area (Å²) in [6, 6.07) is 7.84. The van der Waals surface area contributed by atoms with Crippen molar-refractivity contribution < 1.29 is 14.6 Å². The predicted octanol–water partition coefficient (Wildman–Crippen LogP) is 1.64. The Hall–Kier alpha value is -1.55. The molecular formula is C15H21NO3. The third kappa shape index (κ3) is 3.47. The van der Waals surface area contributed by atoms with Crippen molar-refractivity contribution >= 4 is 5.91 Å². The quantitative estimate of drug-likeness (QED) is 0.878. The Morgan fingerprint density at radius 2 is 2.21 bits per heavy atom. The van der Waals surface area contributed by atoms with Crippen LogP contribution in [0.4, 0.5) is 0 Å². The standard InChI is InChI=1S/C15H21NO3/c1-11(2)13-4-3-5-14(6-13)19-10-15(18)16-7-12(8-16)9-17/h3-6,11-12,17H,7-10H2,1-2H3. The molecule has 1 aromatic carbocycles. The Morgan fingerprint density at radius 1 is 1.47 bits per heavy atom. The number of amides is 1. The smallest absolute Gasteiger partial charge is 0.260 e. The zero-order valence-corrected chi connectivity index (χ0v) is 11.5. The van der Waals surface area contributed by atoms with Gasteiger partial charge < -0.3 is 14.7 Å². The number of nitrogens with zero attached hydrogens (tertiary/aromatic N) is 1. The van der Waals surface area contributed by atoms with Crippen LogP contribution in [-0.4, -0.2) is 42.2 Å². The van der Waals surface area contributed by atoms with E-state index >= 15 is 0 Å². The van der Waals surface area contributed by atoms with Crippen molar-refractivity contribution in [1.29, 1.82) is 0 Å². The summed E-state index contributed by atoms with van der Waals surface area (Å²) in [5.41, 5.74) is 1.20. The molecule has 0 aromatic heterocycles. The van der Waals surface area contributed by atoms with E-state index < -0.39 is 0 Å². The minimum Gasteiger partial charge on any atom is -0.484 e. The normalized spacial score (nSPS) is 15.5. The number of ether oxygens (including phenoxy) is 1. The van der Waals surface area contributed by atoms with Crippen LogP contribution in [0.15, 0.2) is 24.3 Å². The van der Waals surface area contributed by atoms with E-state index in [1.54, 1.807) is 4.90 Å². The van der Waals surface area contributed by atoms with Gasteiger partial charge in [-0.1, -0.05) is 26.0 Å². The summed E-state index contributed by atoms with van der Waals surface area (Å²) in [4.78, 5) is 13.5. The third-order valence-corrected chi connectivity index (χ3v) is 3.46. The van der Waals surface area contributed by atoms with E-state index in [1.165, 1.54) is 5.56 Å². The number of hydrogen-bond acceptors (Lipinski definition) is 3. The second-order valence-corrected chi connectivity index (χ2v) is 5.36. The van der Waals surface area contributed by atoms with Crippen molar-refractivity contribution in [2.24, 2.45) is 5.92 Å². The summed E-state index contributed by atoms with van der Waals surface area (Å²) in [5, 5.41) is 8.91. The average Bonchev–Trinajstić information content (AvgIpc) is 2.35. The highest BCUT2D eigenvalue weighted by molar-refractivity contribution is 5.78. The molecule has 1 heterocycles. The van der Waals surface area contributed by atoms with Crippen LogP contribution in [0, 0.1) is 5.92 Å². The van der Waals surface area contributed by atoms with Crippen LogP contribution in [0.3, 0.4) is 0 Å². The molecule has 4 nitrogen and oxygen atoms in total. The van der Waals surface area contributed by atoms with Crippen LogP contribution in [0.5, 0.6) is 5.75 Å². The second-order valence-electron chi connectivity index (χ2n) is 5.36. The van der Waals surface area contributed by atoms with E-state index in [1.807, 2.05) is 18.2 Å². The number of carbonyl (C=O) groups excluding carboxylic acids is 1. The lowest BCUT2D eigenvalue weighted by Gasteiger charge is -2.38. The molecule has 1 aliphatic rings. The first-order valence-corrected chi connectivity index (χ1v) is 6.71. The predicted molar refractivity (Wildman–Crippen MR) is 73.2 cm³/mol. The topological polar surface area (TPSA) is 49.8 Å². The van der Waals surface area contributed by atoms with Gasteiger partial charge in [0.05, 0.1) is 0 Å². The summed E-state index contributed by atoms with van der Waals surface area (Å²) in [7, 11) is 0. The molecule has 19 heavy (non-hydrogen) atoms. The first-order valence-electron chi connectivity index (χ1n) is 6.71. The number of rotatable bonds is 5. The van der Waals surface area contributed by atoms with E-state index in [9.17, 15) is 4.79 Å². The van der Waals surface area contributed by atoms with E-state index in [0.717, 1.165) is 5.75 Å². The Balaban J connectivity index is 1.82. The van der Waals surface area contributed by atoms with Crippen molar-refractivity contribution in [2.75, 3.05) is 26.3 Å². The molecule has 1 N–H and O–H groups in total. The molecule has 0 saturated carbocycles. The van der Waals surface area contributed by atoms with Gasteiger partial charge in [-0.3, -0.25) is 4.79 Å². The zero-order valence-electron chi connectivity index (χ0n) is 11.5. The molecule has 1 fully saturated rings. The first kappa shape index (κ1) is 13.9. The van der Waals surface area contributed by atoms with Crippen LogP contribution in [0.2, 0.25) is 0 Å². The van der Waals surface area contributed by atoms with Crippen molar-refractivity contribution in [2.45, 2.75) is 19.8 Å². The minimum atomic E-state index is -0.0142. The molecule has 1 aliphatic heterocycles. The summed E-state index contributed by atoms with van der Waals surface area (Å²) in [6.07, 6.45) is 0. The van der Waals surface area contributed by atoms with Gasteiger partial charge in [-0.15, -0.1) is 0 Å². The van der Waals surface area contributed by atoms with Crippen molar-refractivity contribution in [3.05, 3.63) is 29.8 Å². The van der Waals surface area contributed by atoms with Crippen LogP contribution in [0.1, 0.15) is 25.3 Å². The molecule has 1 amide bonds. The van der Waals surface area contributed by atoms with Gasteiger partial charge in [0.1, 0.15) is 5.75 Å². The van der Waals surface area contributed by atoms with E-state index in [-0.39, 0.29) is 25.0 Å². The fourth-order valence-corrected chi connectivity index (χ4v) is 2.09. The van der Waals surface area contributed by atoms with Gasteiger partial charge in [-0.05, 0) is 23.6 Å². The van der Waals surface area contributed by atoms with Crippen molar-refractivity contribution in [1.82, 2.24) is 4.90 Å². The SMILES string of the molecule is CC(C)c1cccc(OCC(=O)N2CC(CO)C2)c1. The lowest BCUT2D eigenvalue weighted by Crippen LogP contribution is -2.52. The number of likely N-dealkylation sites (tertiary alicyclic amines) is 1. The second kappa shape index (κ2) is 6.06. The summed E-state index contributed by atoms with van der Waals surface area (Å²) in [5.74, 6) is 1.41. The maximum absolute atomic E-state index is 11.8. The van der Waals surface area contributed by atoms with Crippen LogP contribution in [0.25, 0.3) is 0 Å². The lowest BCUT2D eigenvalue weighted by atomic mass is 10.0. The molecule has 0 bridgehead atoms. The van der Waals surface area contributed by atoms with Gasteiger partial charge >= 0.3 is 0 Å². The Morgan fingerprint density at radius 3 is 2.84 bits per heavy atom. The monoisotopic (exact) mass is 263 g/mol. The van der Waals surface area contributed by atoms with Gasteiger partial charge in [0.15, 0.2) is 6.61 Å². The molecule has 2 rings (SSSR count). The number of aliphatic hydroxyl groups excluding tert-OH is 1. The summed E-state index contributed by atoms with van der Waals surface area (Å²) < 4.78 is 5.53. The number of carbonyl (C=O) groups is 1. The molecule has 0 atom stereocenters. The molecule has 1 saturated heterocycles. The first-order chi connectivity index (χ1) is 9.10. The van der Waals surface area contributed by atoms with Crippen LogP contribution < -0.4 is 4.74 Å². The molecule has 0 unspecified atom stereocenters. The molecular weight excluding hydrogens is 242 g/mol. The Kier molecular flexibility index (Phi) is 4.43. The van der Waals surface area contributed by atoms with Crippen molar-refractivity contribution in [3.8, 4) is 5.75 Å². The minimum absolute atomic E-state index is 0.0142. The summed E-state index contributed by atoms with van der Waals surface area (Å²) >= 11 is 0. The molecule has 4 heteroatoms. The van der Waals surface area contributed by atoms with Gasteiger partial charge in [-0.25, -0.2) is 0 Å². The molecule has 104 valence electrons. The van der Waals surface area contributed by atoms with Gasteiger partial charge in [0, 0.05) is 25.6 Å². The average molecular weight is 263 g/mol. The maximum Gasteiger partial charge on any atom is 0.260 e.